The first-order chi connectivity index (χ1) is 9.16. The van der Waals surface area contributed by atoms with Crippen molar-refractivity contribution in [1.82, 2.24) is 0 Å². The molecular formula is C14H18ClNO3. The first-order valence-corrected chi connectivity index (χ1v) is 7.11. The summed E-state index contributed by atoms with van der Waals surface area (Å²) in [7, 11) is 0. The third kappa shape index (κ3) is 4.10. The van der Waals surface area contributed by atoms with Gasteiger partial charge in [-0.2, -0.15) is 0 Å². The van der Waals surface area contributed by atoms with Gasteiger partial charge in [0.05, 0.1) is 11.5 Å². The van der Waals surface area contributed by atoms with Crippen LogP contribution in [0.2, 0.25) is 5.02 Å². The van der Waals surface area contributed by atoms with Crippen molar-refractivity contribution in [3.8, 4) is 5.75 Å². The van der Waals surface area contributed by atoms with Crippen LogP contribution in [-0.4, -0.2) is 11.5 Å². The summed E-state index contributed by atoms with van der Waals surface area (Å²) in [5.41, 5.74) is -0.0203. The van der Waals surface area contributed by atoms with Crippen LogP contribution in [0.4, 0.5) is 5.69 Å². The number of nitro groups is 1. The van der Waals surface area contributed by atoms with Crippen LogP contribution in [-0.2, 0) is 0 Å². The maximum atomic E-state index is 10.9. The lowest BCUT2D eigenvalue weighted by molar-refractivity contribution is -0.385. The molecule has 1 aliphatic carbocycles. The standard InChI is InChI=1S/C14H18ClNO3/c15-12-6-7-13(16(17)18)14(10-12)19-9-8-11-4-2-1-3-5-11/h6-7,10-11H,1-5,8-9H2. The molecule has 0 radical (unpaired) electrons. The topological polar surface area (TPSA) is 52.4 Å². The van der Waals surface area contributed by atoms with Crippen LogP contribution in [0.25, 0.3) is 0 Å². The zero-order chi connectivity index (χ0) is 13.7. The number of nitro benzene ring substituents is 1. The van der Waals surface area contributed by atoms with Gasteiger partial charge in [-0.25, -0.2) is 0 Å². The van der Waals surface area contributed by atoms with Gasteiger partial charge in [0, 0.05) is 17.2 Å². The Morgan fingerprint density at radius 2 is 2.05 bits per heavy atom. The average molecular weight is 284 g/mol. The maximum Gasteiger partial charge on any atom is 0.311 e. The number of benzene rings is 1. The van der Waals surface area contributed by atoms with Crippen LogP contribution < -0.4 is 4.74 Å². The Morgan fingerprint density at radius 3 is 2.74 bits per heavy atom. The predicted molar refractivity (Wildman–Crippen MR) is 74.8 cm³/mol. The number of halogens is 1. The summed E-state index contributed by atoms with van der Waals surface area (Å²) < 4.78 is 5.56. The van der Waals surface area contributed by atoms with Gasteiger partial charge in [-0.05, 0) is 18.4 Å². The Bertz CT molecular complexity index is 444. The van der Waals surface area contributed by atoms with Gasteiger partial charge in [0.1, 0.15) is 0 Å². The second-order valence-corrected chi connectivity index (χ2v) is 5.45. The number of rotatable bonds is 5. The molecule has 0 bridgehead atoms. The van der Waals surface area contributed by atoms with Gasteiger partial charge in [-0.1, -0.05) is 43.7 Å². The summed E-state index contributed by atoms with van der Waals surface area (Å²) in [6.07, 6.45) is 7.38. The predicted octanol–water partition coefficient (Wildman–Crippen LogP) is 4.60. The molecule has 1 saturated carbocycles. The Hall–Kier alpha value is -1.29. The molecule has 1 aromatic rings. The van der Waals surface area contributed by atoms with Crippen molar-refractivity contribution in [1.29, 1.82) is 0 Å². The van der Waals surface area contributed by atoms with Gasteiger partial charge in [0.2, 0.25) is 0 Å². The van der Waals surface area contributed by atoms with Crippen LogP contribution in [0.5, 0.6) is 5.75 Å². The molecule has 104 valence electrons. The van der Waals surface area contributed by atoms with E-state index in [1.54, 1.807) is 0 Å². The molecular weight excluding hydrogens is 266 g/mol. The molecule has 5 heteroatoms. The molecule has 19 heavy (non-hydrogen) atoms. The zero-order valence-electron chi connectivity index (χ0n) is 10.8. The Kier molecular flexibility index (Phi) is 5.02. The molecule has 0 N–H and O–H groups in total. The van der Waals surface area contributed by atoms with Crippen LogP contribution in [0.3, 0.4) is 0 Å². The van der Waals surface area contributed by atoms with Gasteiger partial charge in [0.25, 0.3) is 0 Å². The van der Waals surface area contributed by atoms with E-state index in [1.807, 2.05) is 0 Å². The zero-order valence-corrected chi connectivity index (χ0v) is 11.6. The van der Waals surface area contributed by atoms with E-state index in [-0.39, 0.29) is 11.4 Å². The third-order valence-corrected chi connectivity index (χ3v) is 3.86. The molecule has 0 amide bonds. The van der Waals surface area contributed by atoms with Gasteiger partial charge in [-0.15, -0.1) is 0 Å². The molecule has 0 saturated heterocycles. The number of hydrogen-bond donors (Lipinski definition) is 0. The van der Waals surface area contributed by atoms with Crippen LogP contribution in [0.15, 0.2) is 18.2 Å². The maximum absolute atomic E-state index is 10.9. The highest BCUT2D eigenvalue weighted by atomic mass is 35.5. The van der Waals surface area contributed by atoms with Crippen molar-refractivity contribution in [3.63, 3.8) is 0 Å². The van der Waals surface area contributed by atoms with Gasteiger partial charge in [0.15, 0.2) is 5.75 Å². The van der Waals surface area contributed by atoms with E-state index in [2.05, 4.69) is 0 Å². The first kappa shape index (κ1) is 14.1. The third-order valence-electron chi connectivity index (χ3n) is 3.63. The van der Waals surface area contributed by atoms with Crippen molar-refractivity contribution in [2.75, 3.05) is 6.61 Å². The fourth-order valence-electron chi connectivity index (χ4n) is 2.57. The SMILES string of the molecule is O=[N+]([O-])c1ccc(Cl)cc1OCCC1CCCCC1. The van der Waals surface area contributed by atoms with E-state index in [1.165, 1.54) is 50.3 Å². The Balaban J connectivity index is 1.91. The molecule has 0 aromatic heterocycles. The van der Waals surface area contributed by atoms with Crippen molar-refractivity contribution in [2.45, 2.75) is 38.5 Å². The molecule has 2 rings (SSSR count). The van der Waals surface area contributed by atoms with Crippen molar-refractivity contribution in [3.05, 3.63) is 33.3 Å². The molecule has 1 aromatic carbocycles. The lowest BCUT2D eigenvalue weighted by atomic mass is 9.87. The molecule has 0 atom stereocenters. The molecule has 1 fully saturated rings. The Labute approximate surface area is 117 Å². The van der Waals surface area contributed by atoms with E-state index < -0.39 is 4.92 Å². The highest BCUT2D eigenvalue weighted by Gasteiger charge is 2.17. The van der Waals surface area contributed by atoms with Crippen LogP contribution in [0.1, 0.15) is 38.5 Å². The molecule has 0 unspecified atom stereocenters. The second kappa shape index (κ2) is 6.75. The summed E-state index contributed by atoms with van der Waals surface area (Å²) in [6.45, 7) is 0.520. The molecule has 4 nitrogen and oxygen atoms in total. The minimum atomic E-state index is -0.438. The van der Waals surface area contributed by atoms with Crippen molar-refractivity contribution < 1.29 is 9.66 Å². The molecule has 0 heterocycles. The van der Waals surface area contributed by atoms with Crippen LogP contribution >= 0.6 is 11.6 Å². The number of nitrogens with zero attached hydrogens (tertiary/aromatic N) is 1. The number of ether oxygens (including phenoxy) is 1. The van der Waals surface area contributed by atoms with Crippen LogP contribution in [0, 0.1) is 16.0 Å². The quantitative estimate of drug-likeness (QED) is 0.586. The summed E-state index contributed by atoms with van der Waals surface area (Å²) in [6, 6.07) is 4.41. The summed E-state index contributed by atoms with van der Waals surface area (Å²) in [5, 5.41) is 11.3. The van der Waals surface area contributed by atoms with Gasteiger partial charge >= 0.3 is 5.69 Å². The summed E-state index contributed by atoms with van der Waals surface area (Å²) in [5.74, 6) is 0.972. The highest BCUT2D eigenvalue weighted by molar-refractivity contribution is 6.30. The van der Waals surface area contributed by atoms with E-state index in [0.717, 1.165) is 6.42 Å². The lowest BCUT2D eigenvalue weighted by Gasteiger charge is -2.21. The number of hydrogen-bond acceptors (Lipinski definition) is 3. The fraction of sp³-hybridized carbons (Fsp3) is 0.571. The molecule has 0 spiro atoms. The molecule has 1 aliphatic rings. The minimum Gasteiger partial charge on any atom is -0.487 e. The minimum absolute atomic E-state index is 0.0203. The van der Waals surface area contributed by atoms with Crippen molar-refractivity contribution in [2.24, 2.45) is 5.92 Å². The molecule has 0 aliphatic heterocycles. The summed E-state index contributed by atoms with van der Waals surface area (Å²) >= 11 is 5.85. The van der Waals surface area contributed by atoms with E-state index >= 15 is 0 Å². The van der Waals surface area contributed by atoms with Gasteiger partial charge < -0.3 is 4.74 Å². The van der Waals surface area contributed by atoms with E-state index in [4.69, 9.17) is 16.3 Å². The van der Waals surface area contributed by atoms with E-state index in [0.29, 0.717) is 17.5 Å². The Morgan fingerprint density at radius 1 is 1.32 bits per heavy atom. The summed E-state index contributed by atoms with van der Waals surface area (Å²) in [4.78, 5) is 10.4. The van der Waals surface area contributed by atoms with Gasteiger partial charge in [-0.3, -0.25) is 10.1 Å². The first-order valence-electron chi connectivity index (χ1n) is 6.73. The smallest absolute Gasteiger partial charge is 0.311 e. The average Bonchev–Trinajstić information content (AvgIpc) is 2.39. The van der Waals surface area contributed by atoms with E-state index in [9.17, 15) is 10.1 Å². The fourth-order valence-corrected chi connectivity index (χ4v) is 2.73. The largest absolute Gasteiger partial charge is 0.487 e. The van der Waals surface area contributed by atoms with Crippen molar-refractivity contribution >= 4 is 17.3 Å². The second-order valence-electron chi connectivity index (χ2n) is 5.01. The monoisotopic (exact) mass is 283 g/mol. The lowest BCUT2D eigenvalue weighted by Crippen LogP contribution is -2.11. The normalized spacial score (nSPS) is 16.3. The highest BCUT2D eigenvalue weighted by Crippen LogP contribution is 2.31.